The second kappa shape index (κ2) is 9.72. The molecule has 8 heteroatoms. The highest BCUT2D eigenvalue weighted by Gasteiger charge is 2.36. The molecule has 0 fully saturated rings. The van der Waals surface area contributed by atoms with Crippen LogP contribution >= 0.6 is 0 Å². The predicted octanol–water partition coefficient (Wildman–Crippen LogP) is 4.84. The van der Waals surface area contributed by atoms with Crippen molar-refractivity contribution in [2.45, 2.75) is 25.7 Å². The van der Waals surface area contributed by atoms with Gasteiger partial charge in [0.05, 0.1) is 37.4 Å². The second-order valence-electron chi connectivity index (χ2n) is 7.22. The van der Waals surface area contributed by atoms with E-state index in [-0.39, 0.29) is 6.54 Å². The molecular formula is C24H24F3N3O2. The van der Waals surface area contributed by atoms with Crippen LogP contribution < -0.4 is 5.32 Å². The summed E-state index contributed by atoms with van der Waals surface area (Å²) in [5, 5.41) is 3.26. The number of rotatable bonds is 6. The Kier molecular flexibility index (Phi) is 7.02. The van der Waals surface area contributed by atoms with Gasteiger partial charge in [0.1, 0.15) is 0 Å². The van der Waals surface area contributed by atoms with Crippen molar-refractivity contribution in [3.63, 3.8) is 0 Å². The van der Waals surface area contributed by atoms with Crippen molar-refractivity contribution in [1.82, 2.24) is 10.2 Å². The fraction of sp³-hybridized carbons (Fsp3) is 0.250. The van der Waals surface area contributed by atoms with Crippen molar-refractivity contribution in [1.29, 1.82) is 0 Å². The number of ether oxygens (including phenoxy) is 1. The molecule has 1 atom stereocenters. The Morgan fingerprint density at radius 3 is 2.56 bits per heavy atom. The van der Waals surface area contributed by atoms with E-state index in [4.69, 9.17) is 4.74 Å². The van der Waals surface area contributed by atoms with Gasteiger partial charge in [0.2, 0.25) is 0 Å². The van der Waals surface area contributed by atoms with E-state index in [1.807, 2.05) is 30.3 Å². The number of esters is 1. The Balaban J connectivity index is 2.10. The zero-order chi connectivity index (χ0) is 23.3. The van der Waals surface area contributed by atoms with E-state index in [1.54, 1.807) is 24.0 Å². The highest BCUT2D eigenvalue weighted by atomic mass is 19.4. The van der Waals surface area contributed by atoms with Gasteiger partial charge in [-0.1, -0.05) is 48.5 Å². The van der Waals surface area contributed by atoms with Gasteiger partial charge in [-0.05, 0) is 30.2 Å². The van der Waals surface area contributed by atoms with E-state index in [1.165, 1.54) is 13.2 Å². The number of aliphatic imine (C=N–C) groups is 1. The topological polar surface area (TPSA) is 53.9 Å². The van der Waals surface area contributed by atoms with Crippen molar-refractivity contribution in [2.75, 3.05) is 13.7 Å². The first-order valence-corrected chi connectivity index (χ1v) is 9.95. The zero-order valence-electron chi connectivity index (χ0n) is 17.8. The van der Waals surface area contributed by atoms with Gasteiger partial charge in [0.25, 0.3) is 0 Å². The molecular weight excluding hydrogens is 419 g/mol. The summed E-state index contributed by atoms with van der Waals surface area (Å²) in [4.78, 5) is 18.9. The van der Waals surface area contributed by atoms with Crippen molar-refractivity contribution in [3.05, 3.63) is 95.2 Å². The molecule has 5 nitrogen and oxygen atoms in total. The van der Waals surface area contributed by atoms with Crippen molar-refractivity contribution in [3.8, 4) is 0 Å². The highest BCUT2D eigenvalue weighted by Crippen LogP contribution is 2.33. The van der Waals surface area contributed by atoms with E-state index in [0.717, 1.165) is 17.7 Å². The number of guanidine groups is 1. The van der Waals surface area contributed by atoms with Crippen LogP contribution in [0, 0.1) is 0 Å². The molecule has 0 aliphatic carbocycles. The lowest BCUT2D eigenvalue weighted by Gasteiger charge is -2.38. The fourth-order valence-corrected chi connectivity index (χ4v) is 3.57. The zero-order valence-corrected chi connectivity index (χ0v) is 17.8. The van der Waals surface area contributed by atoms with Crippen molar-refractivity contribution < 1.29 is 22.7 Å². The first-order chi connectivity index (χ1) is 15.3. The highest BCUT2D eigenvalue weighted by molar-refractivity contribution is 5.96. The molecule has 0 spiro atoms. The predicted molar refractivity (Wildman–Crippen MR) is 117 cm³/mol. The molecule has 1 unspecified atom stereocenters. The standard InChI is InChI=1S/C24H24F3N3O2/c1-4-13-28-23-29-21(18-10-6-5-7-11-18)20(22(31)32-3)16(2)30(23)15-17-9-8-12-19(14-17)24(25,26)27/h4-12,14,21H,1,13,15H2,2-3H3,(H,28,29). The van der Waals surface area contributed by atoms with E-state index >= 15 is 0 Å². The summed E-state index contributed by atoms with van der Waals surface area (Å²) in [5.41, 5.74) is 1.43. The van der Waals surface area contributed by atoms with E-state index in [9.17, 15) is 18.0 Å². The van der Waals surface area contributed by atoms with Gasteiger partial charge >= 0.3 is 12.1 Å². The van der Waals surface area contributed by atoms with Crippen LogP contribution in [0.1, 0.15) is 29.7 Å². The molecule has 1 aliphatic rings. The molecule has 3 rings (SSSR count). The lowest BCUT2D eigenvalue weighted by molar-refractivity contribution is -0.138. The fourth-order valence-electron chi connectivity index (χ4n) is 3.57. The number of nitrogens with one attached hydrogen (secondary N) is 1. The van der Waals surface area contributed by atoms with Crippen molar-refractivity contribution in [2.24, 2.45) is 4.99 Å². The van der Waals surface area contributed by atoms with Crippen LogP contribution in [-0.4, -0.2) is 30.5 Å². The van der Waals surface area contributed by atoms with E-state index < -0.39 is 23.8 Å². The monoisotopic (exact) mass is 443 g/mol. The number of allylic oxidation sites excluding steroid dienone is 1. The molecule has 0 radical (unpaired) electrons. The molecule has 0 amide bonds. The summed E-state index contributed by atoms with van der Waals surface area (Å²) in [6.07, 6.45) is -2.83. The number of hydrogen-bond donors (Lipinski definition) is 1. The number of carbonyl (C=O) groups is 1. The quantitative estimate of drug-likeness (QED) is 0.513. The van der Waals surface area contributed by atoms with Crippen LogP contribution in [0.3, 0.4) is 0 Å². The molecule has 168 valence electrons. The smallest absolute Gasteiger partial charge is 0.416 e. The largest absolute Gasteiger partial charge is 0.466 e. The molecule has 1 aliphatic heterocycles. The number of nitrogens with zero attached hydrogens (tertiary/aromatic N) is 2. The first-order valence-electron chi connectivity index (χ1n) is 9.95. The third-order valence-electron chi connectivity index (χ3n) is 5.12. The van der Waals surface area contributed by atoms with Gasteiger partial charge < -0.3 is 15.0 Å². The Labute approximate surface area is 184 Å². The Hall–Kier alpha value is -3.55. The Bertz CT molecular complexity index is 1050. The molecule has 0 bridgehead atoms. The van der Waals surface area contributed by atoms with Gasteiger partial charge in [-0.25, -0.2) is 9.79 Å². The lowest BCUT2D eigenvalue weighted by atomic mass is 9.94. The molecule has 1 N–H and O–H groups in total. The summed E-state index contributed by atoms with van der Waals surface area (Å²) in [6, 6.07) is 13.9. The summed E-state index contributed by atoms with van der Waals surface area (Å²) in [6.45, 7) is 5.80. The maximum Gasteiger partial charge on any atom is 0.416 e. The summed E-state index contributed by atoms with van der Waals surface area (Å²) in [5.74, 6) is -0.0954. The van der Waals surface area contributed by atoms with Crippen LogP contribution in [-0.2, 0) is 22.3 Å². The van der Waals surface area contributed by atoms with Crippen LogP contribution in [0.25, 0.3) is 0 Å². The summed E-state index contributed by atoms with van der Waals surface area (Å²) >= 11 is 0. The Morgan fingerprint density at radius 2 is 1.94 bits per heavy atom. The van der Waals surface area contributed by atoms with Crippen LogP contribution in [0.5, 0.6) is 0 Å². The number of benzene rings is 2. The van der Waals surface area contributed by atoms with Gasteiger partial charge in [0.15, 0.2) is 5.96 Å². The minimum Gasteiger partial charge on any atom is -0.466 e. The van der Waals surface area contributed by atoms with Crippen LogP contribution in [0.15, 0.2) is 83.5 Å². The van der Waals surface area contributed by atoms with Gasteiger partial charge in [-0.2, -0.15) is 13.2 Å². The van der Waals surface area contributed by atoms with Gasteiger partial charge in [0, 0.05) is 5.70 Å². The minimum absolute atomic E-state index is 0.0841. The third-order valence-corrected chi connectivity index (χ3v) is 5.12. The molecule has 0 saturated carbocycles. The maximum atomic E-state index is 13.2. The van der Waals surface area contributed by atoms with Crippen LogP contribution in [0.2, 0.25) is 0 Å². The average Bonchev–Trinajstić information content (AvgIpc) is 2.79. The molecule has 1 heterocycles. The van der Waals surface area contributed by atoms with Crippen molar-refractivity contribution >= 4 is 11.9 Å². The van der Waals surface area contributed by atoms with E-state index in [2.05, 4.69) is 16.9 Å². The lowest BCUT2D eigenvalue weighted by Crippen LogP contribution is -2.48. The number of halogens is 3. The number of hydrogen-bond acceptors (Lipinski definition) is 3. The second-order valence-corrected chi connectivity index (χ2v) is 7.22. The first kappa shape index (κ1) is 23.1. The molecule has 0 aromatic heterocycles. The third kappa shape index (κ3) is 5.01. The summed E-state index contributed by atoms with van der Waals surface area (Å²) < 4.78 is 44.6. The number of carbonyl (C=O) groups excluding carboxylic acids is 1. The average molecular weight is 443 g/mol. The van der Waals surface area contributed by atoms with E-state index in [0.29, 0.717) is 29.3 Å². The van der Waals surface area contributed by atoms with Gasteiger partial charge in [-0.3, -0.25) is 0 Å². The minimum atomic E-state index is -4.45. The number of alkyl halides is 3. The van der Waals surface area contributed by atoms with Gasteiger partial charge in [-0.15, -0.1) is 6.58 Å². The molecule has 2 aromatic rings. The maximum absolute atomic E-state index is 13.2. The molecule has 2 aromatic carbocycles. The summed E-state index contributed by atoms with van der Waals surface area (Å²) in [7, 11) is 1.29. The number of methoxy groups -OCH3 is 1. The molecule has 32 heavy (non-hydrogen) atoms. The normalized spacial score (nSPS) is 17.8. The Morgan fingerprint density at radius 1 is 1.22 bits per heavy atom. The van der Waals surface area contributed by atoms with Crippen LogP contribution in [0.4, 0.5) is 13.2 Å². The molecule has 0 saturated heterocycles. The SMILES string of the molecule is C=CCN=C1NC(c2ccccc2)C(C(=O)OC)=C(C)N1Cc1cccc(C(F)(F)F)c1.